The number of thioether (sulfide) groups is 1. The van der Waals surface area contributed by atoms with Gasteiger partial charge in [0, 0.05) is 58.9 Å². The lowest BCUT2D eigenvalue weighted by Gasteiger charge is -2.39. The zero-order valence-corrected chi connectivity index (χ0v) is 16.9. The Labute approximate surface area is 168 Å². The highest BCUT2D eigenvalue weighted by Crippen LogP contribution is 2.34. The van der Waals surface area contributed by atoms with Gasteiger partial charge in [0.05, 0.1) is 10.4 Å². The number of halogens is 2. The van der Waals surface area contributed by atoms with Gasteiger partial charge in [0.2, 0.25) is 0 Å². The third-order valence-corrected chi connectivity index (χ3v) is 6.84. The number of H-pyrrole nitrogens is 1. The molecule has 4 rings (SSSR count). The maximum atomic E-state index is 6.32. The summed E-state index contributed by atoms with van der Waals surface area (Å²) in [6, 6.07) is 14.3. The lowest BCUT2D eigenvalue weighted by molar-refractivity contribution is 0.251. The predicted octanol–water partition coefficient (Wildman–Crippen LogP) is 5.74. The molecule has 6 heteroatoms. The summed E-state index contributed by atoms with van der Waals surface area (Å²) in [4.78, 5) is 9.34. The van der Waals surface area contributed by atoms with E-state index in [1.165, 1.54) is 16.6 Å². The van der Waals surface area contributed by atoms with Gasteiger partial charge in [-0.1, -0.05) is 29.3 Å². The van der Waals surface area contributed by atoms with E-state index < -0.39 is 0 Å². The molecule has 0 spiro atoms. The molecule has 3 nitrogen and oxygen atoms in total. The molecule has 26 heavy (non-hydrogen) atoms. The molecule has 3 aromatic rings. The van der Waals surface area contributed by atoms with Gasteiger partial charge in [0.1, 0.15) is 0 Å². The molecule has 0 bridgehead atoms. The molecular weight excluding hydrogens is 385 g/mol. The van der Waals surface area contributed by atoms with Gasteiger partial charge in [0.15, 0.2) is 0 Å². The Hall–Kier alpha value is -1.33. The summed E-state index contributed by atoms with van der Waals surface area (Å²) in [7, 11) is 0. The van der Waals surface area contributed by atoms with Crippen molar-refractivity contribution in [3.63, 3.8) is 0 Å². The maximum Gasteiger partial charge on any atom is 0.0577 e. The number of nitrogens with one attached hydrogen (secondary N) is 1. The van der Waals surface area contributed by atoms with Gasteiger partial charge < -0.3 is 9.88 Å². The van der Waals surface area contributed by atoms with E-state index in [9.17, 15) is 0 Å². The Morgan fingerprint density at radius 3 is 2.65 bits per heavy atom. The molecule has 0 aliphatic carbocycles. The molecule has 2 heterocycles. The standard InChI is InChI=1S/C20H21Cl2N3S/c1-14(26-20-13-15(21)5-6-17(20)22)24-9-11-25(12-10-24)19-4-2-3-18-16(19)7-8-23-18/h2-8,13-14,23H,9-12H2,1H3. The summed E-state index contributed by atoms with van der Waals surface area (Å²) in [5, 5.41) is 3.16. The summed E-state index contributed by atoms with van der Waals surface area (Å²) in [5.74, 6) is 0. The van der Waals surface area contributed by atoms with Crippen LogP contribution in [0, 0.1) is 0 Å². The first kappa shape index (κ1) is 18.1. The average Bonchev–Trinajstić information content (AvgIpc) is 3.13. The fraction of sp³-hybridized carbons (Fsp3) is 0.300. The molecule has 1 unspecified atom stereocenters. The van der Waals surface area contributed by atoms with Crippen molar-refractivity contribution in [2.75, 3.05) is 31.1 Å². The Morgan fingerprint density at radius 2 is 1.85 bits per heavy atom. The minimum atomic E-state index is 0.358. The summed E-state index contributed by atoms with van der Waals surface area (Å²) in [6.45, 7) is 6.36. The number of anilines is 1. The number of fused-ring (bicyclic) bond motifs is 1. The zero-order valence-electron chi connectivity index (χ0n) is 14.6. The fourth-order valence-electron chi connectivity index (χ4n) is 3.50. The molecule has 1 aromatic heterocycles. The van der Waals surface area contributed by atoms with Crippen molar-refractivity contribution in [2.45, 2.75) is 17.2 Å². The molecule has 0 radical (unpaired) electrons. The highest BCUT2D eigenvalue weighted by atomic mass is 35.5. The lowest BCUT2D eigenvalue weighted by Crippen LogP contribution is -2.48. The highest BCUT2D eigenvalue weighted by molar-refractivity contribution is 8.00. The van der Waals surface area contributed by atoms with Crippen LogP contribution < -0.4 is 4.90 Å². The molecule has 136 valence electrons. The number of piperazine rings is 1. The van der Waals surface area contributed by atoms with Crippen molar-refractivity contribution >= 4 is 51.6 Å². The molecule has 1 aliphatic rings. The second kappa shape index (κ2) is 7.73. The molecule has 1 N–H and O–H groups in total. The van der Waals surface area contributed by atoms with Gasteiger partial charge >= 0.3 is 0 Å². The molecule has 1 aliphatic heterocycles. The number of nitrogens with zero attached hydrogens (tertiary/aromatic N) is 2. The molecule has 2 aromatic carbocycles. The number of aromatic nitrogens is 1. The van der Waals surface area contributed by atoms with Crippen LogP contribution in [0.4, 0.5) is 5.69 Å². The summed E-state index contributed by atoms with van der Waals surface area (Å²) in [5.41, 5.74) is 2.52. The first-order chi connectivity index (χ1) is 12.6. The maximum absolute atomic E-state index is 6.32. The number of aromatic amines is 1. The van der Waals surface area contributed by atoms with Crippen LogP contribution >= 0.6 is 35.0 Å². The molecular formula is C20H21Cl2N3S. The van der Waals surface area contributed by atoms with Crippen molar-refractivity contribution < 1.29 is 0 Å². The van der Waals surface area contributed by atoms with Gasteiger partial charge in [-0.05, 0) is 43.3 Å². The highest BCUT2D eigenvalue weighted by Gasteiger charge is 2.23. The van der Waals surface area contributed by atoms with E-state index in [1.807, 2.05) is 24.4 Å². The SMILES string of the molecule is CC(Sc1cc(Cl)ccc1Cl)N1CCN(c2cccc3[nH]ccc23)CC1. The van der Waals surface area contributed by atoms with E-state index >= 15 is 0 Å². The third kappa shape index (κ3) is 3.70. The quantitative estimate of drug-likeness (QED) is 0.559. The fourth-order valence-corrected chi connectivity index (χ4v) is 5.09. The van der Waals surface area contributed by atoms with Gasteiger partial charge in [0.25, 0.3) is 0 Å². The van der Waals surface area contributed by atoms with Crippen LogP contribution in [-0.2, 0) is 0 Å². The molecule has 1 fully saturated rings. The Morgan fingerprint density at radius 1 is 1.04 bits per heavy atom. The smallest absolute Gasteiger partial charge is 0.0577 e. The van der Waals surface area contributed by atoms with Crippen LogP contribution in [0.5, 0.6) is 0 Å². The van der Waals surface area contributed by atoms with Crippen LogP contribution in [0.1, 0.15) is 6.92 Å². The zero-order chi connectivity index (χ0) is 18.1. The Bertz CT molecular complexity index is 903. The van der Waals surface area contributed by atoms with Gasteiger partial charge in [-0.2, -0.15) is 0 Å². The summed E-state index contributed by atoms with van der Waals surface area (Å²) in [6.07, 6.45) is 2.01. The molecule has 1 saturated heterocycles. The first-order valence-electron chi connectivity index (χ1n) is 8.78. The van der Waals surface area contributed by atoms with Gasteiger partial charge in [-0.3, -0.25) is 4.90 Å². The predicted molar refractivity (Wildman–Crippen MR) is 114 cm³/mol. The number of hydrogen-bond donors (Lipinski definition) is 1. The van der Waals surface area contributed by atoms with E-state index in [0.29, 0.717) is 5.37 Å². The van der Waals surface area contributed by atoms with Crippen molar-refractivity contribution in [1.82, 2.24) is 9.88 Å². The molecule has 0 amide bonds. The molecule has 1 atom stereocenters. The topological polar surface area (TPSA) is 22.3 Å². The van der Waals surface area contributed by atoms with Gasteiger partial charge in [-0.15, -0.1) is 11.8 Å². The van der Waals surface area contributed by atoms with Gasteiger partial charge in [-0.25, -0.2) is 0 Å². The van der Waals surface area contributed by atoms with E-state index in [1.54, 1.807) is 11.8 Å². The minimum absolute atomic E-state index is 0.358. The number of hydrogen-bond acceptors (Lipinski definition) is 3. The van der Waals surface area contributed by atoms with Crippen molar-refractivity contribution in [1.29, 1.82) is 0 Å². The summed E-state index contributed by atoms with van der Waals surface area (Å²) >= 11 is 14.2. The van der Waals surface area contributed by atoms with Crippen LogP contribution in [0.3, 0.4) is 0 Å². The Kier molecular flexibility index (Phi) is 5.37. The van der Waals surface area contributed by atoms with E-state index in [2.05, 4.69) is 46.0 Å². The number of benzene rings is 2. The minimum Gasteiger partial charge on any atom is -0.368 e. The second-order valence-corrected chi connectivity index (χ2v) is 8.73. The van der Waals surface area contributed by atoms with Crippen molar-refractivity contribution in [3.8, 4) is 0 Å². The van der Waals surface area contributed by atoms with E-state index in [4.69, 9.17) is 23.2 Å². The average molecular weight is 406 g/mol. The lowest BCUT2D eigenvalue weighted by atomic mass is 10.1. The molecule has 0 saturated carbocycles. The third-order valence-electron chi connectivity index (χ3n) is 4.93. The van der Waals surface area contributed by atoms with Crippen molar-refractivity contribution in [3.05, 3.63) is 58.7 Å². The van der Waals surface area contributed by atoms with E-state index in [0.717, 1.165) is 41.1 Å². The van der Waals surface area contributed by atoms with Crippen LogP contribution in [0.2, 0.25) is 10.0 Å². The second-order valence-electron chi connectivity index (χ2n) is 6.53. The van der Waals surface area contributed by atoms with E-state index in [-0.39, 0.29) is 0 Å². The van der Waals surface area contributed by atoms with Crippen LogP contribution in [0.25, 0.3) is 10.9 Å². The monoisotopic (exact) mass is 405 g/mol. The number of rotatable bonds is 4. The summed E-state index contributed by atoms with van der Waals surface area (Å²) < 4.78 is 0. The normalized spacial score (nSPS) is 17.0. The Balaban J connectivity index is 1.41. The first-order valence-corrected chi connectivity index (χ1v) is 10.4. The van der Waals surface area contributed by atoms with Crippen LogP contribution in [-0.4, -0.2) is 41.4 Å². The largest absolute Gasteiger partial charge is 0.368 e. The van der Waals surface area contributed by atoms with Crippen molar-refractivity contribution in [2.24, 2.45) is 0 Å². The van der Waals surface area contributed by atoms with Crippen LogP contribution in [0.15, 0.2) is 53.6 Å².